The van der Waals surface area contributed by atoms with Crippen LogP contribution in [0.3, 0.4) is 0 Å². The summed E-state index contributed by atoms with van der Waals surface area (Å²) in [6, 6.07) is 12.1. The van der Waals surface area contributed by atoms with E-state index in [1.165, 1.54) is 13.2 Å². The molecule has 0 amide bonds. The van der Waals surface area contributed by atoms with Gasteiger partial charge in [-0.05, 0) is 30.9 Å². The van der Waals surface area contributed by atoms with E-state index < -0.39 is 22.8 Å². The average Bonchev–Trinajstić information content (AvgIpc) is 2.75. The second kappa shape index (κ2) is 7.78. The third-order valence-corrected chi connectivity index (χ3v) is 5.83. The van der Waals surface area contributed by atoms with Gasteiger partial charge in [0, 0.05) is 19.2 Å². The minimum atomic E-state index is -0.860. The SMILES string of the molecule is COc1cc2nc(N3CCC(Cc4ccccc4)(C(=O)O)CC3)[nH]c(=O)c2cc1F. The first-order valence-corrected chi connectivity index (χ1v) is 9.72. The van der Waals surface area contributed by atoms with Gasteiger partial charge in [0.05, 0.1) is 23.4 Å². The standard InChI is InChI=1S/C22H22FN3O4/c1-30-18-12-17-15(11-16(18)23)19(27)25-21(24-17)26-9-7-22(8-10-26,20(28)29)13-14-5-3-2-4-6-14/h2-6,11-12H,7-10,13H2,1H3,(H,28,29)(H,24,25,27). The van der Waals surface area contributed by atoms with Crippen LogP contribution in [0.15, 0.2) is 47.3 Å². The van der Waals surface area contributed by atoms with E-state index in [-0.39, 0.29) is 11.1 Å². The number of aromatic nitrogens is 2. The zero-order chi connectivity index (χ0) is 21.3. The number of rotatable bonds is 5. The molecule has 7 nitrogen and oxygen atoms in total. The zero-order valence-corrected chi connectivity index (χ0v) is 16.5. The lowest BCUT2D eigenvalue weighted by molar-refractivity contribution is -0.150. The van der Waals surface area contributed by atoms with Crippen molar-refractivity contribution in [2.45, 2.75) is 19.3 Å². The van der Waals surface area contributed by atoms with Crippen molar-refractivity contribution >= 4 is 22.8 Å². The number of aromatic amines is 1. The Kier molecular flexibility index (Phi) is 5.15. The number of nitrogens with one attached hydrogen (secondary N) is 1. The molecule has 1 saturated heterocycles. The molecule has 0 spiro atoms. The fourth-order valence-electron chi connectivity index (χ4n) is 4.03. The van der Waals surface area contributed by atoms with Crippen LogP contribution in [0, 0.1) is 11.2 Å². The van der Waals surface area contributed by atoms with Crippen LogP contribution in [0.5, 0.6) is 5.75 Å². The number of carbonyl (C=O) groups is 1. The van der Waals surface area contributed by atoms with Crippen molar-refractivity contribution in [3.8, 4) is 5.75 Å². The number of anilines is 1. The minimum Gasteiger partial charge on any atom is -0.494 e. The summed E-state index contributed by atoms with van der Waals surface area (Å²) in [6.45, 7) is 0.873. The number of halogens is 1. The molecule has 156 valence electrons. The fraction of sp³-hybridized carbons (Fsp3) is 0.318. The van der Waals surface area contributed by atoms with Gasteiger partial charge in [-0.1, -0.05) is 30.3 Å². The molecule has 0 bridgehead atoms. The molecule has 1 aliphatic rings. The van der Waals surface area contributed by atoms with Crippen LogP contribution in [0.25, 0.3) is 10.9 Å². The lowest BCUT2D eigenvalue weighted by Gasteiger charge is -2.39. The van der Waals surface area contributed by atoms with E-state index in [1.807, 2.05) is 35.2 Å². The molecule has 0 saturated carbocycles. The number of piperidine rings is 1. The van der Waals surface area contributed by atoms with Crippen LogP contribution in [-0.4, -0.2) is 41.2 Å². The van der Waals surface area contributed by atoms with Crippen molar-refractivity contribution in [1.29, 1.82) is 0 Å². The summed E-state index contributed by atoms with van der Waals surface area (Å²) in [5, 5.41) is 10.1. The molecule has 2 aromatic carbocycles. The molecule has 2 N–H and O–H groups in total. The molecule has 1 aliphatic heterocycles. The number of aliphatic carboxylic acids is 1. The Morgan fingerprint density at radius 3 is 2.60 bits per heavy atom. The molecule has 0 radical (unpaired) electrons. The summed E-state index contributed by atoms with van der Waals surface area (Å²) in [5.74, 6) is -1.08. The Morgan fingerprint density at radius 1 is 1.27 bits per heavy atom. The van der Waals surface area contributed by atoms with Gasteiger partial charge in [-0.15, -0.1) is 0 Å². The number of nitrogens with zero attached hydrogens (tertiary/aromatic N) is 2. The smallest absolute Gasteiger partial charge is 0.310 e. The molecule has 4 rings (SSSR count). The number of carboxylic acids is 1. The summed E-state index contributed by atoms with van der Waals surface area (Å²) in [4.78, 5) is 33.6. The van der Waals surface area contributed by atoms with Crippen molar-refractivity contribution < 1.29 is 19.0 Å². The predicted molar refractivity (Wildman–Crippen MR) is 111 cm³/mol. The predicted octanol–water partition coefficient (Wildman–Crippen LogP) is 2.98. The van der Waals surface area contributed by atoms with Crippen LogP contribution < -0.4 is 15.2 Å². The maximum atomic E-state index is 13.9. The summed E-state index contributed by atoms with van der Waals surface area (Å²) in [7, 11) is 1.35. The molecule has 8 heteroatoms. The third kappa shape index (κ3) is 3.60. The highest BCUT2D eigenvalue weighted by Gasteiger charge is 2.42. The van der Waals surface area contributed by atoms with Crippen molar-refractivity contribution in [3.05, 3.63) is 64.2 Å². The van der Waals surface area contributed by atoms with Gasteiger partial charge in [0.25, 0.3) is 5.56 Å². The largest absolute Gasteiger partial charge is 0.494 e. The van der Waals surface area contributed by atoms with Crippen LogP contribution in [-0.2, 0) is 11.2 Å². The van der Waals surface area contributed by atoms with Gasteiger partial charge < -0.3 is 14.7 Å². The number of methoxy groups -OCH3 is 1. The highest BCUT2D eigenvalue weighted by molar-refractivity contribution is 5.80. The van der Waals surface area contributed by atoms with Gasteiger partial charge in [0.1, 0.15) is 0 Å². The zero-order valence-electron chi connectivity index (χ0n) is 16.5. The summed E-state index contributed by atoms with van der Waals surface area (Å²) in [6.07, 6.45) is 1.30. The van der Waals surface area contributed by atoms with Gasteiger partial charge in [-0.2, -0.15) is 0 Å². The Hall–Kier alpha value is -3.42. The molecule has 3 aromatic rings. The molecular formula is C22H22FN3O4. The Bertz CT molecular complexity index is 1140. The number of fused-ring (bicyclic) bond motifs is 1. The number of H-pyrrole nitrogens is 1. The molecule has 1 aromatic heterocycles. The lowest BCUT2D eigenvalue weighted by atomic mass is 9.74. The average molecular weight is 411 g/mol. The van der Waals surface area contributed by atoms with E-state index in [1.54, 1.807) is 0 Å². The topological polar surface area (TPSA) is 95.5 Å². The van der Waals surface area contributed by atoms with Gasteiger partial charge in [-0.25, -0.2) is 9.37 Å². The highest BCUT2D eigenvalue weighted by atomic mass is 19.1. The first-order valence-electron chi connectivity index (χ1n) is 9.72. The van der Waals surface area contributed by atoms with Gasteiger partial charge in [-0.3, -0.25) is 14.6 Å². The first kappa shape index (κ1) is 19.9. The number of benzene rings is 2. The van der Waals surface area contributed by atoms with Crippen molar-refractivity contribution in [3.63, 3.8) is 0 Å². The van der Waals surface area contributed by atoms with Crippen LogP contribution in [0.1, 0.15) is 18.4 Å². The number of hydrogen-bond acceptors (Lipinski definition) is 5. The molecule has 0 unspecified atom stereocenters. The van der Waals surface area contributed by atoms with Crippen LogP contribution >= 0.6 is 0 Å². The third-order valence-electron chi connectivity index (χ3n) is 5.83. The Morgan fingerprint density at radius 2 is 1.97 bits per heavy atom. The molecule has 2 heterocycles. The molecule has 0 atom stereocenters. The number of hydrogen-bond donors (Lipinski definition) is 2. The monoisotopic (exact) mass is 411 g/mol. The van der Waals surface area contributed by atoms with Crippen LogP contribution in [0.2, 0.25) is 0 Å². The van der Waals surface area contributed by atoms with E-state index >= 15 is 0 Å². The summed E-state index contributed by atoms with van der Waals surface area (Å²) >= 11 is 0. The molecular weight excluding hydrogens is 389 g/mol. The van der Waals surface area contributed by atoms with E-state index in [0.717, 1.165) is 11.6 Å². The number of ether oxygens (including phenoxy) is 1. The molecule has 30 heavy (non-hydrogen) atoms. The van der Waals surface area contributed by atoms with E-state index in [9.17, 15) is 19.1 Å². The number of carboxylic acid groups (broad SMARTS) is 1. The Balaban J connectivity index is 1.60. The van der Waals surface area contributed by atoms with Crippen molar-refractivity contribution in [2.75, 3.05) is 25.1 Å². The van der Waals surface area contributed by atoms with Gasteiger partial charge >= 0.3 is 5.97 Å². The maximum absolute atomic E-state index is 13.9. The van der Waals surface area contributed by atoms with E-state index in [0.29, 0.717) is 43.8 Å². The highest BCUT2D eigenvalue weighted by Crippen LogP contribution is 2.36. The van der Waals surface area contributed by atoms with E-state index in [2.05, 4.69) is 9.97 Å². The molecule has 0 aliphatic carbocycles. The minimum absolute atomic E-state index is 0.0120. The first-order chi connectivity index (χ1) is 14.4. The Labute approximate surface area is 172 Å². The van der Waals surface area contributed by atoms with Crippen LogP contribution in [0.4, 0.5) is 10.3 Å². The second-order valence-electron chi connectivity index (χ2n) is 7.63. The fourth-order valence-corrected chi connectivity index (χ4v) is 4.03. The molecule has 1 fully saturated rings. The summed E-state index contributed by atoms with van der Waals surface area (Å²) < 4.78 is 18.9. The summed E-state index contributed by atoms with van der Waals surface area (Å²) in [5.41, 5.74) is 0.00316. The van der Waals surface area contributed by atoms with Gasteiger partial charge in [0.15, 0.2) is 11.6 Å². The van der Waals surface area contributed by atoms with Gasteiger partial charge in [0.2, 0.25) is 5.95 Å². The quantitative estimate of drug-likeness (QED) is 0.670. The van der Waals surface area contributed by atoms with Crippen molar-refractivity contribution in [1.82, 2.24) is 9.97 Å². The van der Waals surface area contributed by atoms with Crippen molar-refractivity contribution in [2.24, 2.45) is 5.41 Å². The lowest BCUT2D eigenvalue weighted by Crippen LogP contribution is -2.46. The van der Waals surface area contributed by atoms with E-state index in [4.69, 9.17) is 4.74 Å². The normalized spacial score (nSPS) is 15.9. The second-order valence-corrected chi connectivity index (χ2v) is 7.63. The maximum Gasteiger partial charge on any atom is 0.310 e.